The van der Waals surface area contributed by atoms with Crippen LogP contribution < -0.4 is 5.73 Å². The second-order valence-corrected chi connectivity index (χ2v) is 5.04. The van der Waals surface area contributed by atoms with E-state index in [1.165, 1.54) is 5.56 Å². The SMILES string of the molecule is COCCN(C(C)C)C(c1ccccc1)C(C)N. The van der Waals surface area contributed by atoms with Gasteiger partial charge in [0.1, 0.15) is 0 Å². The molecule has 0 heterocycles. The van der Waals surface area contributed by atoms with E-state index >= 15 is 0 Å². The molecule has 3 nitrogen and oxygen atoms in total. The highest BCUT2D eigenvalue weighted by Gasteiger charge is 2.25. The van der Waals surface area contributed by atoms with Gasteiger partial charge in [0.2, 0.25) is 0 Å². The van der Waals surface area contributed by atoms with Gasteiger partial charge in [0, 0.05) is 31.8 Å². The van der Waals surface area contributed by atoms with Crippen LogP contribution in [0.15, 0.2) is 30.3 Å². The van der Waals surface area contributed by atoms with Gasteiger partial charge in [-0.2, -0.15) is 0 Å². The summed E-state index contributed by atoms with van der Waals surface area (Å²) in [5, 5.41) is 0. The van der Waals surface area contributed by atoms with Crippen molar-refractivity contribution >= 4 is 0 Å². The topological polar surface area (TPSA) is 38.5 Å². The Morgan fingerprint density at radius 2 is 1.78 bits per heavy atom. The largest absolute Gasteiger partial charge is 0.383 e. The van der Waals surface area contributed by atoms with Gasteiger partial charge in [-0.15, -0.1) is 0 Å². The minimum absolute atomic E-state index is 0.0895. The Hall–Kier alpha value is -0.900. The number of methoxy groups -OCH3 is 1. The maximum Gasteiger partial charge on any atom is 0.0590 e. The molecule has 0 aliphatic carbocycles. The highest BCUT2D eigenvalue weighted by atomic mass is 16.5. The molecule has 0 fully saturated rings. The zero-order valence-corrected chi connectivity index (χ0v) is 12.0. The molecule has 1 aromatic carbocycles. The van der Waals surface area contributed by atoms with E-state index in [9.17, 15) is 0 Å². The monoisotopic (exact) mass is 250 g/mol. The smallest absolute Gasteiger partial charge is 0.0590 e. The average Bonchev–Trinajstić information content (AvgIpc) is 2.34. The number of benzene rings is 1. The fourth-order valence-electron chi connectivity index (χ4n) is 2.36. The van der Waals surface area contributed by atoms with Gasteiger partial charge in [-0.3, -0.25) is 4.90 Å². The van der Waals surface area contributed by atoms with Crippen LogP contribution in [0.3, 0.4) is 0 Å². The summed E-state index contributed by atoms with van der Waals surface area (Å²) in [5.41, 5.74) is 7.47. The number of nitrogens with two attached hydrogens (primary N) is 1. The Kier molecular flexibility index (Phi) is 6.33. The molecule has 0 radical (unpaired) electrons. The van der Waals surface area contributed by atoms with Crippen molar-refractivity contribution in [3.8, 4) is 0 Å². The molecule has 0 spiro atoms. The summed E-state index contributed by atoms with van der Waals surface area (Å²) in [5.74, 6) is 0. The van der Waals surface area contributed by atoms with E-state index in [-0.39, 0.29) is 12.1 Å². The number of rotatable bonds is 7. The highest BCUT2D eigenvalue weighted by molar-refractivity contribution is 5.20. The van der Waals surface area contributed by atoms with Crippen molar-refractivity contribution in [1.82, 2.24) is 4.90 Å². The molecule has 2 N–H and O–H groups in total. The molecule has 0 amide bonds. The Morgan fingerprint density at radius 3 is 2.22 bits per heavy atom. The van der Waals surface area contributed by atoms with Gasteiger partial charge in [-0.1, -0.05) is 30.3 Å². The maximum atomic E-state index is 6.20. The number of nitrogens with zero attached hydrogens (tertiary/aromatic N) is 1. The lowest BCUT2D eigenvalue weighted by Gasteiger charge is -2.37. The molecule has 0 saturated carbocycles. The molecule has 0 bridgehead atoms. The predicted molar refractivity (Wildman–Crippen MR) is 76.6 cm³/mol. The Balaban J connectivity index is 2.94. The lowest BCUT2D eigenvalue weighted by Crippen LogP contribution is -2.44. The van der Waals surface area contributed by atoms with Gasteiger partial charge in [-0.05, 0) is 26.3 Å². The molecule has 0 aliphatic rings. The van der Waals surface area contributed by atoms with Crippen LogP contribution in [0.4, 0.5) is 0 Å². The lowest BCUT2D eigenvalue weighted by atomic mass is 9.98. The van der Waals surface area contributed by atoms with Crippen molar-refractivity contribution in [3.63, 3.8) is 0 Å². The minimum atomic E-state index is 0.0895. The zero-order valence-electron chi connectivity index (χ0n) is 12.0. The van der Waals surface area contributed by atoms with E-state index < -0.39 is 0 Å². The zero-order chi connectivity index (χ0) is 13.5. The van der Waals surface area contributed by atoms with Crippen LogP contribution in [-0.2, 0) is 4.74 Å². The second kappa shape index (κ2) is 7.52. The van der Waals surface area contributed by atoms with Crippen LogP contribution in [0.2, 0.25) is 0 Å². The summed E-state index contributed by atoms with van der Waals surface area (Å²) in [6.07, 6.45) is 0. The van der Waals surface area contributed by atoms with Crippen molar-refractivity contribution in [1.29, 1.82) is 0 Å². The molecule has 1 aromatic rings. The second-order valence-electron chi connectivity index (χ2n) is 5.04. The lowest BCUT2D eigenvalue weighted by molar-refractivity contribution is 0.0863. The Morgan fingerprint density at radius 1 is 1.17 bits per heavy atom. The van der Waals surface area contributed by atoms with E-state index in [2.05, 4.69) is 49.9 Å². The van der Waals surface area contributed by atoms with Crippen LogP contribution in [0, 0.1) is 0 Å². The first kappa shape index (κ1) is 15.2. The number of hydrogen-bond acceptors (Lipinski definition) is 3. The summed E-state index contributed by atoms with van der Waals surface area (Å²) < 4.78 is 5.21. The van der Waals surface area contributed by atoms with Gasteiger partial charge in [0.05, 0.1) is 6.61 Å². The molecular weight excluding hydrogens is 224 g/mol. The van der Waals surface area contributed by atoms with Crippen LogP contribution in [0.5, 0.6) is 0 Å². The molecule has 1 rings (SSSR count). The van der Waals surface area contributed by atoms with Crippen molar-refractivity contribution in [2.45, 2.75) is 38.9 Å². The molecule has 2 atom stereocenters. The van der Waals surface area contributed by atoms with E-state index in [4.69, 9.17) is 10.5 Å². The standard InChI is InChI=1S/C15H26N2O/c1-12(2)17(10-11-18-4)15(13(3)16)14-8-6-5-7-9-14/h5-9,12-13,15H,10-11,16H2,1-4H3. The van der Waals surface area contributed by atoms with Gasteiger partial charge >= 0.3 is 0 Å². The molecule has 102 valence electrons. The van der Waals surface area contributed by atoms with Gasteiger partial charge in [0.25, 0.3) is 0 Å². The average molecular weight is 250 g/mol. The van der Waals surface area contributed by atoms with Gasteiger partial charge in [0.15, 0.2) is 0 Å². The Labute approximate surface area is 111 Å². The summed E-state index contributed by atoms with van der Waals surface area (Å²) in [7, 11) is 1.74. The first-order valence-corrected chi connectivity index (χ1v) is 6.63. The third-order valence-corrected chi connectivity index (χ3v) is 3.21. The third kappa shape index (κ3) is 4.09. The molecule has 2 unspecified atom stereocenters. The third-order valence-electron chi connectivity index (χ3n) is 3.21. The number of hydrogen-bond donors (Lipinski definition) is 1. The molecule has 18 heavy (non-hydrogen) atoms. The molecular formula is C15H26N2O. The summed E-state index contributed by atoms with van der Waals surface area (Å²) in [6, 6.07) is 11.2. The first-order chi connectivity index (χ1) is 8.57. The summed E-state index contributed by atoms with van der Waals surface area (Å²) >= 11 is 0. The van der Waals surface area contributed by atoms with Crippen LogP contribution >= 0.6 is 0 Å². The maximum absolute atomic E-state index is 6.20. The fraction of sp³-hybridized carbons (Fsp3) is 0.600. The van der Waals surface area contributed by atoms with E-state index in [0.29, 0.717) is 6.04 Å². The van der Waals surface area contributed by atoms with Crippen LogP contribution in [0.1, 0.15) is 32.4 Å². The first-order valence-electron chi connectivity index (χ1n) is 6.63. The van der Waals surface area contributed by atoms with Gasteiger partial charge in [-0.25, -0.2) is 0 Å². The van der Waals surface area contributed by atoms with Crippen molar-refractivity contribution in [2.75, 3.05) is 20.3 Å². The quantitative estimate of drug-likeness (QED) is 0.808. The molecule has 0 aliphatic heterocycles. The number of ether oxygens (including phenoxy) is 1. The fourth-order valence-corrected chi connectivity index (χ4v) is 2.36. The van der Waals surface area contributed by atoms with Crippen LogP contribution in [-0.4, -0.2) is 37.2 Å². The van der Waals surface area contributed by atoms with Gasteiger partial charge < -0.3 is 10.5 Å². The summed E-state index contributed by atoms with van der Waals surface area (Å²) in [6.45, 7) is 8.10. The van der Waals surface area contributed by atoms with Crippen LogP contribution in [0.25, 0.3) is 0 Å². The normalized spacial score (nSPS) is 15.1. The highest BCUT2D eigenvalue weighted by Crippen LogP contribution is 2.25. The van der Waals surface area contributed by atoms with Crippen molar-refractivity contribution in [2.24, 2.45) is 5.73 Å². The van der Waals surface area contributed by atoms with E-state index in [1.807, 2.05) is 6.07 Å². The minimum Gasteiger partial charge on any atom is -0.383 e. The van der Waals surface area contributed by atoms with Crippen molar-refractivity contribution < 1.29 is 4.74 Å². The van der Waals surface area contributed by atoms with Crippen molar-refractivity contribution in [3.05, 3.63) is 35.9 Å². The van der Waals surface area contributed by atoms with E-state index in [1.54, 1.807) is 7.11 Å². The molecule has 0 aromatic heterocycles. The predicted octanol–water partition coefficient (Wildman–Crippen LogP) is 2.43. The summed E-state index contributed by atoms with van der Waals surface area (Å²) in [4.78, 5) is 2.41. The Bertz CT molecular complexity index is 325. The molecule has 3 heteroatoms. The molecule has 0 saturated heterocycles. The van der Waals surface area contributed by atoms with E-state index in [0.717, 1.165) is 13.2 Å².